The Labute approximate surface area is 72.5 Å². The molecule has 74 valence electrons. The Morgan fingerprint density at radius 2 is 1.92 bits per heavy atom. The van der Waals surface area contributed by atoms with E-state index in [9.17, 15) is 8.78 Å². The standard InChI is InChI=1S/C8H17F2NO/c1-4-8(9,10)7-12-6-5-11(2)3/h4-7H2,1-3H3. The molecule has 0 spiro atoms. The van der Waals surface area contributed by atoms with Crippen LogP contribution < -0.4 is 0 Å². The first-order valence-electron chi connectivity index (χ1n) is 4.08. The fraction of sp³-hybridized carbons (Fsp3) is 1.00. The van der Waals surface area contributed by atoms with Crippen LogP contribution in [-0.4, -0.2) is 44.7 Å². The van der Waals surface area contributed by atoms with E-state index in [1.165, 1.54) is 6.92 Å². The molecule has 0 unspecified atom stereocenters. The fourth-order valence-corrected chi connectivity index (χ4v) is 0.571. The smallest absolute Gasteiger partial charge is 0.270 e. The van der Waals surface area contributed by atoms with Crippen molar-refractivity contribution < 1.29 is 13.5 Å². The average Bonchev–Trinajstić information content (AvgIpc) is 1.98. The Hall–Kier alpha value is -0.220. The number of hydrogen-bond acceptors (Lipinski definition) is 2. The van der Waals surface area contributed by atoms with E-state index in [2.05, 4.69) is 0 Å². The molecule has 0 saturated heterocycles. The Morgan fingerprint density at radius 3 is 2.33 bits per heavy atom. The van der Waals surface area contributed by atoms with Crippen LogP contribution in [0.2, 0.25) is 0 Å². The lowest BCUT2D eigenvalue weighted by Gasteiger charge is -2.15. The van der Waals surface area contributed by atoms with Crippen LogP contribution in [0.3, 0.4) is 0 Å². The molecule has 0 aliphatic heterocycles. The maximum Gasteiger partial charge on any atom is 0.270 e. The minimum atomic E-state index is -2.66. The first-order chi connectivity index (χ1) is 5.48. The molecule has 0 aliphatic carbocycles. The third-order valence-electron chi connectivity index (χ3n) is 1.51. The van der Waals surface area contributed by atoms with Crippen LogP contribution in [0.5, 0.6) is 0 Å². The van der Waals surface area contributed by atoms with Crippen molar-refractivity contribution in [2.24, 2.45) is 0 Å². The normalized spacial score (nSPS) is 12.5. The van der Waals surface area contributed by atoms with Crippen molar-refractivity contribution >= 4 is 0 Å². The van der Waals surface area contributed by atoms with Crippen LogP contribution in [-0.2, 0) is 4.74 Å². The molecule has 0 aliphatic rings. The molecule has 0 atom stereocenters. The second kappa shape index (κ2) is 5.43. The van der Waals surface area contributed by atoms with Gasteiger partial charge in [0, 0.05) is 13.0 Å². The number of alkyl halides is 2. The SMILES string of the molecule is CCC(F)(F)COCCN(C)C. The van der Waals surface area contributed by atoms with Crippen LogP contribution in [0.1, 0.15) is 13.3 Å². The summed E-state index contributed by atoms with van der Waals surface area (Å²) in [5.74, 6) is -2.66. The topological polar surface area (TPSA) is 12.5 Å². The monoisotopic (exact) mass is 181 g/mol. The van der Waals surface area contributed by atoms with E-state index < -0.39 is 12.5 Å². The Balaban J connectivity index is 3.31. The van der Waals surface area contributed by atoms with Gasteiger partial charge in [-0.3, -0.25) is 0 Å². The minimum Gasteiger partial charge on any atom is -0.374 e. The van der Waals surface area contributed by atoms with E-state index >= 15 is 0 Å². The lowest BCUT2D eigenvalue weighted by Crippen LogP contribution is -2.25. The molecule has 0 fully saturated rings. The Kier molecular flexibility index (Phi) is 5.33. The highest BCUT2D eigenvalue weighted by atomic mass is 19.3. The molecule has 0 N–H and O–H groups in total. The zero-order valence-electron chi connectivity index (χ0n) is 7.94. The van der Waals surface area contributed by atoms with Crippen molar-refractivity contribution in [3.05, 3.63) is 0 Å². The Morgan fingerprint density at radius 1 is 1.33 bits per heavy atom. The zero-order chi connectivity index (χ0) is 9.61. The van der Waals surface area contributed by atoms with Gasteiger partial charge >= 0.3 is 0 Å². The first kappa shape index (κ1) is 11.8. The molecule has 0 saturated carbocycles. The number of hydrogen-bond donors (Lipinski definition) is 0. The van der Waals surface area contributed by atoms with Gasteiger partial charge in [-0.1, -0.05) is 6.92 Å². The van der Waals surface area contributed by atoms with Crippen molar-refractivity contribution in [3.63, 3.8) is 0 Å². The van der Waals surface area contributed by atoms with Gasteiger partial charge in [0.2, 0.25) is 0 Å². The van der Waals surface area contributed by atoms with E-state index in [4.69, 9.17) is 4.74 Å². The summed E-state index contributed by atoms with van der Waals surface area (Å²) in [5.41, 5.74) is 0. The van der Waals surface area contributed by atoms with Crippen molar-refractivity contribution in [1.82, 2.24) is 4.90 Å². The highest BCUT2D eigenvalue weighted by Gasteiger charge is 2.25. The fourth-order valence-electron chi connectivity index (χ4n) is 0.571. The zero-order valence-corrected chi connectivity index (χ0v) is 7.94. The predicted octanol–water partition coefficient (Wildman–Crippen LogP) is 1.61. The third kappa shape index (κ3) is 6.49. The average molecular weight is 181 g/mol. The van der Waals surface area contributed by atoms with E-state index in [1.54, 1.807) is 0 Å². The molecule has 0 heterocycles. The second-order valence-corrected chi connectivity index (χ2v) is 3.07. The molecule has 0 aromatic rings. The number of rotatable bonds is 6. The number of halogens is 2. The number of likely N-dealkylation sites (N-methyl/N-ethyl adjacent to an activating group) is 1. The number of nitrogens with zero attached hydrogens (tertiary/aromatic N) is 1. The van der Waals surface area contributed by atoms with Crippen LogP contribution in [0.15, 0.2) is 0 Å². The van der Waals surface area contributed by atoms with E-state index in [0.29, 0.717) is 13.2 Å². The molecule has 0 radical (unpaired) electrons. The summed E-state index contributed by atoms with van der Waals surface area (Å²) in [7, 11) is 3.75. The van der Waals surface area contributed by atoms with Crippen LogP contribution in [0.25, 0.3) is 0 Å². The van der Waals surface area contributed by atoms with Gasteiger partial charge in [-0.25, -0.2) is 8.78 Å². The van der Waals surface area contributed by atoms with Crippen LogP contribution >= 0.6 is 0 Å². The molecule has 0 aromatic heterocycles. The molecule has 12 heavy (non-hydrogen) atoms. The van der Waals surface area contributed by atoms with Gasteiger partial charge in [0.15, 0.2) is 0 Å². The molecular weight excluding hydrogens is 164 g/mol. The summed E-state index contributed by atoms with van der Waals surface area (Å²) in [6.07, 6.45) is -0.158. The highest BCUT2D eigenvalue weighted by molar-refractivity contribution is 4.61. The molecule has 0 rings (SSSR count). The van der Waals surface area contributed by atoms with Crippen LogP contribution in [0, 0.1) is 0 Å². The predicted molar refractivity (Wildman–Crippen MR) is 44.6 cm³/mol. The van der Waals surface area contributed by atoms with Gasteiger partial charge < -0.3 is 9.64 Å². The van der Waals surface area contributed by atoms with Gasteiger partial charge in [-0.05, 0) is 14.1 Å². The summed E-state index contributed by atoms with van der Waals surface area (Å²) >= 11 is 0. The van der Waals surface area contributed by atoms with Crippen molar-refractivity contribution in [2.45, 2.75) is 19.3 Å². The molecule has 0 aromatic carbocycles. The third-order valence-corrected chi connectivity index (χ3v) is 1.51. The molecule has 0 bridgehead atoms. The van der Waals surface area contributed by atoms with E-state index in [-0.39, 0.29) is 6.42 Å². The molecular formula is C8H17F2NO. The van der Waals surface area contributed by atoms with Gasteiger partial charge in [-0.15, -0.1) is 0 Å². The number of ether oxygens (including phenoxy) is 1. The summed E-state index contributed by atoms with van der Waals surface area (Å²) in [5, 5.41) is 0. The maximum atomic E-state index is 12.5. The quantitative estimate of drug-likeness (QED) is 0.577. The van der Waals surface area contributed by atoms with Crippen molar-refractivity contribution in [3.8, 4) is 0 Å². The van der Waals surface area contributed by atoms with Crippen LogP contribution in [0.4, 0.5) is 8.78 Å². The molecule has 4 heteroatoms. The van der Waals surface area contributed by atoms with Crippen molar-refractivity contribution in [1.29, 1.82) is 0 Å². The van der Waals surface area contributed by atoms with E-state index in [0.717, 1.165) is 0 Å². The minimum absolute atomic E-state index is 0.158. The summed E-state index contributed by atoms with van der Waals surface area (Å²) in [4.78, 5) is 1.89. The lowest BCUT2D eigenvalue weighted by atomic mass is 10.3. The van der Waals surface area contributed by atoms with E-state index in [1.807, 2.05) is 19.0 Å². The van der Waals surface area contributed by atoms with Crippen molar-refractivity contribution in [2.75, 3.05) is 33.9 Å². The Bertz CT molecular complexity index is 118. The maximum absolute atomic E-state index is 12.5. The van der Waals surface area contributed by atoms with Gasteiger partial charge in [0.1, 0.15) is 6.61 Å². The lowest BCUT2D eigenvalue weighted by molar-refractivity contribution is -0.0802. The summed E-state index contributed by atoms with van der Waals surface area (Å²) < 4.78 is 29.9. The van der Waals surface area contributed by atoms with Gasteiger partial charge in [-0.2, -0.15) is 0 Å². The summed E-state index contributed by atoms with van der Waals surface area (Å²) in [6.45, 7) is 2.04. The first-order valence-corrected chi connectivity index (χ1v) is 4.08. The van der Waals surface area contributed by atoms with Gasteiger partial charge in [0.05, 0.1) is 6.61 Å². The molecule has 0 amide bonds. The highest BCUT2D eigenvalue weighted by Crippen LogP contribution is 2.17. The largest absolute Gasteiger partial charge is 0.374 e. The second-order valence-electron chi connectivity index (χ2n) is 3.07. The summed E-state index contributed by atoms with van der Waals surface area (Å²) in [6, 6.07) is 0. The van der Waals surface area contributed by atoms with Gasteiger partial charge in [0.25, 0.3) is 5.92 Å². The molecule has 2 nitrogen and oxygen atoms in total.